The number of hydrogen-bond acceptors (Lipinski definition) is 7. The van der Waals surface area contributed by atoms with Crippen LogP contribution in [-0.4, -0.2) is 24.3 Å². The van der Waals surface area contributed by atoms with E-state index in [9.17, 15) is 0 Å². The third kappa shape index (κ3) is 5.30. The number of thiazole rings is 1. The van der Waals surface area contributed by atoms with Gasteiger partial charge in [0.1, 0.15) is 0 Å². The summed E-state index contributed by atoms with van der Waals surface area (Å²) in [5, 5.41) is 14.4. The highest BCUT2D eigenvalue weighted by molar-refractivity contribution is 7.19. The summed E-state index contributed by atoms with van der Waals surface area (Å²) in [6.07, 6.45) is 5.72. The van der Waals surface area contributed by atoms with Gasteiger partial charge in [-0.05, 0) is 62.9 Å². The normalized spacial score (nSPS) is 14.7. The molecule has 0 saturated carbocycles. The molecule has 0 spiro atoms. The average Bonchev–Trinajstić information content (AvgIpc) is 3.14. The van der Waals surface area contributed by atoms with Crippen LogP contribution in [0.2, 0.25) is 0 Å². The van der Waals surface area contributed by atoms with Gasteiger partial charge < -0.3 is 4.90 Å². The SMILES string of the molecule is Cc1ccc(N=Nc2sc(N/N=C/c3ccc(N4CCCCC4)cc3)nc2C)cc1. The zero-order valence-electron chi connectivity index (χ0n) is 17.4. The molecule has 1 aliphatic heterocycles. The predicted octanol–water partition coefficient (Wildman–Crippen LogP) is 6.61. The lowest BCUT2D eigenvalue weighted by Crippen LogP contribution is -2.29. The number of benzene rings is 2. The Kier molecular flexibility index (Phi) is 6.49. The van der Waals surface area contributed by atoms with Crippen LogP contribution in [0.15, 0.2) is 63.9 Å². The lowest BCUT2D eigenvalue weighted by atomic mass is 10.1. The Morgan fingerprint density at radius 3 is 2.40 bits per heavy atom. The van der Waals surface area contributed by atoms with Gasteiger partial charge in [0.15, 0.2) is 5.00 Å². The number of azo groups is 1. The summed E-state index contributed by atoms with van der Waals surface area (Å²) in [5.74, 6) is 0. The second kappa shape index (κ2) is 9.63. The quantitative estimate of drug-likeness (QED) is 0.278. The molecular weight excluding hydrogens is 392 g/mol. The molecule has 154 valence electrons. The maximum Gasteiger partial charge on any atom is 0.205 e. The summed E-state index contributed by atoms with van der Waals surface area (Å²) in [7, 11) is 0. The molecule has 0 radical (unpaired) electrons. The van der Waals surface area contributed by atoms with E-state index in [1.807, 2.05) is 37.4 Å². The van der Waals surface area contributed by atoms with Crippen molar-refractivity contribution in [2.45, 2.75) is 33.1 Å². The molecule has 0 bridgehead atoms. The molecule has 2 heterocycles. The fourth-order valence-corrected chi connectivity index (χ4v) is 4.07. The molecular formula is C23H26N6S. The van der Waals surface area contributed by atoms with Crippen LogP contribution >= 0.6 is 11.3 Å². The van der Waals surface area contributed by atoms with Crippen LogP contribution in [0, 0.1) is 13.8 Å². The molecule has 0 unspecified atom stereocenters. The summed E-state index contributed by atoms with van der Waals surface area (Å²) in [6, 6.07) is 16.5. The van der Waals surface area contributed by atoms with Gasteiger partial charge in [0.2, 0.25) is 5.13 Å². The van der Waals surface area contributed by atoms with Crippen molar-refractivity contribution < 1.29 is 0 Å². The van der Waals surface area contributed by atoms with Crippen LogP contribution in [0.3, 0.4) is 0 Å². The van der Waals surface area contributed by atoms with Crippen molar-refractivity contribution in [2.75, 3.05) is 23.4 Å². The molecule has 0 amide bonds. The topological polar surface area (TPSA) is 65.2 Å². The number of nitrogens with one attached hydrogen (secondary N) is 1. The molecule has 7 heteroatoms. The van der Waals surface area contributed by atoms with Crippen LogP contribution < -0.4 is 10.3 Å². The van der Waals surface area contributed by atoms with Gasteiger partial charge >= 0.3 is 0 Å². The minimum atomic E-state index is 0.701. The standard InChI is InChI=1S/C23H26N6S/c1-17-6-10-20(11-7-17)26-27-22-18(2)25-23(30-22)28-24-16-19-8-12-21(13-9-19)29-14-4-3-5-15-29/h6-13,16H,3-5,14-15H2,1-2H3,(H,25,28)/b24-16+,27-26?. The fraction of sp³-hybridized carbons (Fsp3) is 0.304. The Hall–Kier alpha value is -3.06. The highest BCUT2D eigenvalue weighted by Gasteiger charge is 2.10. The van der Waals surface area contributed by atoms with E-state index >= 15 is 0 Å². The van der Waals surface area contributed by atoms with Gasteiger partial charge in [-0.25, -0.2) is 4.98 Å². The van der Waals surface area contributed by atoms with Crippen molar-refractivity contribution in [1.29, 1.82) is 0 Å². The molecule has 0 atom stereocenters. The first-order valence-corrected chi connectivity index (χ1v) is 11.1. The van der Waals surface area contributed by atoms with Crippen molar-refractivity contribution in [3.63, 3.8) is 0 Å². The maximum absolute atomic E-state index is 4.48. The molecule has 4 rings (SSSR count). The van der Waals surface area contributed by atoms with Crippen molar-refractivity contribution in [3.8, 4) is 0 Å². The number of nitrogens with zero attached hydrogens (tertiary/aromatic N) is 5. The largest absolute Gasteiger partial charge is 0.372 e. The van der Waals surface area contributed by atoms with Gasteiger partial charge in [0, 0.05) is 18.8 Å². The molecule has 2 aromatic carbocycles. The van der Waals surface area contributed by atoms with E-state index in [1.165, 1.54) is 41.9 Å². The second-order valence-electron chi connectivity index (χ2n) is 7.45. The van der Waals surface area contributed by atoms with Crippen LogP contribution in [0.4, 0.5) is 21.5 Å². The Bertz CT molecular complexity index is 1010. The van der Waals surface area contributed by atoms with Gasteiger partial charge in [0.05, 0.1) is 17.6 Å². The second-order valence-corrected chi connectivity index (χ2v) is 8.43. The van der Waals surface area contributed by atoms with E-state index in [4.69, 9.17) is 0 Å². The van der Waals surface area contributed by atoms with E-state index in [2.05, 4.69) is 61.8 Å². The monoisotopic (exact) mass is 418 g/mol. The van der Waals surface area contributed by atoms with Gasteiger partial charge in [0.25, 0.3) is 0 Å². The van der Waals surface area contributed by atoms with E-state index in [1.54, 1.807) is 0 Å². The van der Waals surface area contributed by atoms with Crippen molar-refractivity contribution >= 4 is 39.1 Å². The first-order valence-electron chi connectivity index (χ1n) is 10.3. The number of aryl methyl sites for hydroxylation is 2. The molecule has 1 aromatic heterocycles. The summed E-state index contributed by atoms with van der Waals surface area (Å²) in [6.45, 7) is 6.29. The van der Waals surface area contributed by atoms with Gasteiger partial charge in [-0.2, -0.15) is 5.10 Å². The van der Waals surface area contributed by atoms with E-state index < -0.39 is 0 Å². The van der Waals surface area contributed by atoms with Crippen molar-refractivity contribution in [1.82, 2.24) is 4.98 Å². The van der Waals surface area contributed by atoms with Crippen LogP contribution in [0.1, 0.15) is 36.1 Å². The number of piperidine rings is 1. The average molecular weight is 419 g/mol. The molecule has 1 saturated heterocycles. The summed E-state index contributed by atoms with van der Waals surface area (Å²) >= 11 is 1.44. The molecule has 3 aromatic rings. The maximum atomic E-state index is 4.48. The Morgan fingerprint density at radius 2 is 1.67 bits per heavy atom. The fourth-order valence-electron chi connectivity index (χ4n) is 3.33. The first kappa shape index (κ1) is 20.2. The molecule has 6 nitrogen and oxygen atoms in total. The Morgan fingerprint density at radius 1 is 0.933 bits per heavy atom. The number of hydrazone groups is 1. The van der Waals surface area contributed by atoms with E-state index in [0.717, 1.165) is 35.0 Å². The molecule has 1 N–H and O–H groups in total. The number of anilines is 2. The highest BCUT2D eigenvalue weighted by Crippen LogP contribution is 2.32. The number of hydrogen-bond donors (Lipinski definition) is 1. The number of rotatable bonds is 6. The first-order chi connectivity index (χ1) is 14.7. The highest BCUT2D eigenvalue weighted by atomic mass is 32.1. The van der Waals surface area contributed by atoms with Gasteiger partial charge in [-0.15, -0.1) is 10.2 Å². The smallest absolute Gasteiger partial charge is 0.205 e. The van der Waals surface area contributed by atoms with Crippen molar-refractivity contribution in [2.24, 2.45) is 15.3 Å². The summed E-state index contributed by atoms with van der Waals surface area (Å²) < 4.78 is 0. The Balaban J connectivity index is 1.35. The summed E-state index contributed by atoms with van der Waals surface area (Å²) in [4.78, 5) is 6.93. The van der Waals surface area contributed by atoms with Gasteiger partial charge in [-0.3, -0.25) is 5.43 Å². The molecule has 1 fully saturated rings. The Labute approximate surface area is 181 Å². The summed E-state index contributed by atoms with van der Waals surface area (Å²) in [5.41, 5.74) is 8.21. The molecule has 30 heavy (non-hydrogen) atoms. The third-order valence-corrected chi connectivity index (χ3v) is 6.00. The van der Waals surface area contributed by atoms with Crippen molar-refractivity contribution in [3.05, 3.63) is 65.4 Å². The van der Waals surface area contributed by atoms with Crippen LogP contribution in [0.5, 0.6) is 0 Å². The zero-order valence-corrected chi connectivity index (χ0v) is 18.2. The lowest BCUT2D eigenvalue weighted by Gasteiger charge is -2.28. The molecule has 1 aliphatic rings. The van der Waals surface area contributed by atoms with E-state index in [0.29, 0.717) is 5.13 Å². The molecule has 0 aliphatic carbocycles. The zero-order chi connectivity index (χ0) is 20.8. The minimum Gasteiger partial charge on any atom is -0.372 e. The minimum absolute atomic E-state index is 0.701. The van der Waals surface area contributed by atoms with Crippen LogP contribution in [-0.2, 0) is 0 Å². The van der Waals surface area contributed by atoms with Gasteiger partial charge in [-0.1, -0.05) is 41.2 Å². The lowest BCUT2D eigenvalue weighted by molar-refractivity contribution is 0.578. The van der Waals surface area contributed by atoms with Crippen LogP contribution in [0.25, 0.3) is 0 Å². The predicted molar refractivity (Wildman–Crippen MR) is 126 cm³/mol. The van der Waals surface area contributed by atoms with E-state index in [-0.39, 0.29) is 0 Å². The number of aromatic nitrogens is 1. The third-order valence-electron chi connectivity index (χ3n) is 5.05.